The monoisotopic (exact) mass is 262 g/mol. The molecule has 3 rings (SSSR count). The van der Waals surface area contributed by atoms with Gasteiger partial charge in [-0.3, -0.25) is 10.1 Å². The van der Waals surface area contributed by atoms with Gasteiger partial charge in [0.1, 0.15) is 5.52 Å². The number of nitrogens with zero attached hydrogens (tertiary/aromatic N) is 3. The molecule has 0 radical (unpaired) electrons. The predicted octanol–water partition coefficient (Wildman–Crippen LogP) is 1.52. The number of nitro groups is 1. The maximum atomic E-state index is 10.7. The number of fused-ring (bicyclic) bond motifs is 1. The summed E-state index contributed by atoms with van der Waals surface area (Å²) in [6.45, 7) is 2.34. The van der Waals surface area contributed by atoms with E-state index in [4.69, 9.17) is 10.2 Å². The summed E-state index contributed by atoms with van der Waals surface area (Å²) >= 11 is 0. The first-order valence-corrected chi connectivity index (χ1v) is 6.17. The fourth-order valence-electron chi connectivity index (χ4n) is 2.35. The van der Waals surface area contributed by atoms with Gasteiger partial charge in [0.05, 0.1) is 11.0 Å². The molecule has 100 valence electrons. The molecule has 7 nitrogen and oxygen atoms in total. The Morgan fingerprint density at radius 3 is 3.11 bits per heavy atom. The van der Waals surface area contributed by atoms with E-state index in [1.165, 1.54) is 12.1 Å². The van der Waals surface area contributed by atoms with Gasteiger partial charge >= 0.3 is 0 Å². The van der Waals surface area contributed by atoms with Crippen molar-refractivity contribution in [3.8, 4) is 0 Å². The van der Waals surface area contributed by atoms with Crippen LogP contribution in [0, 0.1) is 16.0 Å². The topological polar surface area (TPSA) is 98.4 Å². The molecule has 2 aromatic rings. The Kier molecular flexibility index (Phi) is 2.83. The summed E-state index contributed by atoms with van der Waals surface area (Å²) in [5.74, 6) is 0.462. The van der Waals surface area contributed by atoms with Crippen LogP contribution in [0.5, 0.6) is 0 Å². The molecule has 0 spiro atoms. The van der Waals surface area contributed by atoms with Gasteiger partial charge in [-0.2, -0.15) is 4.98 Å². The minimum absolute atomic E-state index is 0.0106. The van der Waals surface area contributed by atoms with Gasteiger partial charge in [0.15, 0.2) is 5.58 Å². The van der Waals surface area contributed by atoms with Gasteiger partial charge in [-0.1, -0.05) is 0 Å². The van der Waals surface area contributed by atoms with E-state index in [1.807, 2.05) is 4.90 Å². The second-order valence-corrected chi connectivity index (χ2v) is 4.74. The molecule has 1 atom stereocenters. The van der Waals surface area contributed by atoms with E-state index in [-0.39, 0.29) is 5.69 Å². The summed E-state index contributed by atoms with van der Waals surface area (Å²) < 4.78 is 5.61. The maximum Gasteiger partial charge on any atom is 0.298 e. The highest BCUT2D eigenvalue weighted by atomic mass is 16.6. The highest BCUT2D eigenvalue weighted by Crippen LogP contribution is 2.28. The van der Waals surface area contributed by atoms with E-state index in [2.05, 4.69) is 4.98 Å². The van der Waals surface area contributed by atoms with E-state index in [0.717, 1.165) is 19.5 Å². The van der Waals surface area contributed by atoms with Crippen molar-refractivity contribution in [2.24, 2.45) is 11.7 Å². The number of non-ortho nitro benzene ring substituents is 1. The lowest BCUT2D eigenvalue weighted by atomic mass is 10.1. The Balaban J connectivity index is 1.91. The molecule has 1 saturated heterocycles. The third kappa shape index (κ3) is 2.12. The minimum atomic E-state index is -0.443. The van der Waals surface area contributed by atoms with Crippen LogP contribution in [-0.4, -0.2) is 29.5 Å². The molecule has 0 saturated carbocycles. The summed E-state index contributed by atoms with van der Waals surface area (Å²) in [6.07, 6.45) is 1.02. The number of anilines is 1. The zero-order valence-corrected chi connectivity index (χ0v) is 10.3. The molecule has 1 fully saturated rings. The SMILES string of the molecule is NCC1CCN(c2nc3ccc([N+](=O)[O-])cc3o2)C1. The second-order valence-electron chi connectivity index (χ2n) is 4.74. The number of oxazole rings is 1. The highest BCUT2D eigenvalue weighted by Gasteiger charge is 2.25. The number of aromatic nitrogens is 1. The molecular formula is C12H14N4O3. The molecule has 1 aliphatic rings. The summed E-state index contributed by atoms with van der Waals surface area (Å²) in [5, 5.41) is 10.7. The van der Waals surface area contributed by atoms with Crippen LogP contribution >= 0.6 is 0 Å². The quantitative estimate of drug-likeness (QED) is 0.665. The average Bonchev–Trinajstić information content (AvgIpc) is 3.03. The van der Waals surface area contributed by atoms with E-state index in [1.54, 1.807) is 6.07 Å². The van der Waals surface area contributed by atoms with Crippen LogP contribution in [-0.2, 0) is 0 Å². The van der Waals surface area contributed by atoms with Crippen LogP contribution in [0.15, 0.2) is 22.6 Å². The van der Waals surface area contributed by atoms with Gasteiger partial charge < -0.3 is 15.1 Å². The number of rotatable bonds is 3. The Labute approximate surface area is 109 Å². The van der Waals surface area contributed by atoms with Gasteiger partial charge in [-0.05, 0) is 24.9 Å². The fourth-order valence-corrected chi connectivity index (χ4v) is 2.35. The van der Waals surface area contributed by atoms with Crippen LogP contribution in [0.1, 0.15) is 6.42 Å². The fraction of sp³-hybridized carbons (Fsp3) is 0.417. The minimum Gasteiger partial charge on any atom is -0.423 e. The van der Waals surface area contributed by atoms with Crippen LogP contribution in [0.25, 0.3) is 11.1 Å². The van der Waals surface area contributed by atoms with Crippen molar-refractivity contribution in [1.29, 1.82) is 0 Å². The van der Waals surface area contributed by atoms with E-state index in [9.17, 15) is 10.1 Å². The van der Waals surface area contributed by atoms with Crippen LogP contribution in [0.4, 0.5) is 11.7 Å². The Morgan fingerprint density at radius 1 is 1.58 bits per heavy atom. The zero-order valence-electron chi connectivity index (χ0n) is 10.3. The smallest absolute Gasteiger partial charge is 0.298 e. The first-order chi connectivity index (χ1) is 9.17. The first-order valence-electron chi connectivity index (χ1n) is 6.17. The van der Waals surface area contributed by atoms with Crippen molar-refractivity contribution >= 4 is 22.8 Å². The number of nitro benzene ring substituents is 1. The van der Waals surface area contributed by atoms with Gasteiger partial charge in [-0.25, -0.2) is 0 Å². The van der Waals surface area contributed by atoms with Crippen molar-refractivity contribution in [2.45, 2.75) is 6.42 Å². The lowest BCUT2D eigenvalue weighted by Gasteiger charge is -2.12. The number of hydrogen-bond donors (Lipinski definition) is 1. The third-order valence-electron chi connectivity index (χ3n) is 3.46. The molecule has 0 bridgehead atoms. The van der Waals surface area contributed by atoms with Gasteiger partial charge in [0.25, 0.3) is 11.7 Å². The number of hydrogen-bond acceptors (Lipinski definition) is 6. The molecule has 0 aliphatic carbocycles. The van der Waals surface area contributed by atoms with E-state index < -0.39 is 4.92 Å². The molecule has 19 heavy (non-hydrogen) atoms. The molecule has 1 aliphatic heterocycles. The predicted molar refractivity (Wildman–Crippen MR) is 70.0 cm³/mol. The molecule has 2 heterocycles. The number of nitrogens with two attached hydrogens (primary N) is 1. The largest absolute Gasteiger partial charge is 0.423 e. The summed E-state index contributed by atoms with van der Waals surface area (Å²) in [5.41, 5.74) is 6.74. The van der Waals surface area contributed by atoms with Crippen molar-refractivity contribution in [3.63, 3.8) is 0 Å². The van der Waals surface area contributed by atoms with Crippen LogP contribution in [0.3, 0.4) is 0 Å². The van der Waals surface area contributed by atoms with Gasteiger partial charge in [0, 0.05) is 19.2 Å². The Morgan fingerprint density at radius 2 is 2.42 bits per heavy atom. The van der Waals surface area contributed by atoms with Crippen LogP contribution in [0.2, 0.25) is 0 Å². The summed E-state index contributed by atoms with van der Waals surface area (Å²) in [6, 6.07) is 4.96. The van der Waals surface area contributed by atoms with E-state index >= 15 is 0 Å². The van der Waals surface area contributed by atoms with Crippen molar-refractivity contribution in [3.05, 3.63) is 28.3 Å². The molecule has 1 aromatic carbocycles. The Hall–Kier alpha value is -2.15. The number of benzene rings is 1. The van der Waals surface area contributed by atoms with Crippen molar-refractivity contribution in [2.75, 3.05) is 24.5 Å². The molecule has 1 aromatic heterocycles. The molecular weight excluding hydrogens is 248 g/mol. The van der Waals surface area contributed by atoms with Gasteiger partial charge in [0.2, 0.25) is 0 Å². The summed E-state index contributed by atoms with van der Waals surface area (Å²) in [7, 11) is 0. The van der Waals surface area contributed by atoms with Crippen molar-refractivity contribution < 1.29 is 9.34 Å². The molecule has 1 unspecified atom stereocenters. The normalized spacial score (nSPS) is 19.2. The maximum absolute atomic E-state index is 10.7. The average molecular weight is 262 g/mol. The van der Waals surface area contributed by atoms with Crippen molar-refractivity contribution in [1.82, 2.24) is 4.98 Å². The summed E-state index contributed by atoms with van der Waals surface area (Å²) in [4.78, 5) is 16.7. The lowest BCUT2D eigenvalue weighted by Crippen LogP contribution is -2.22. The Bertz CT molecular complexity index is 624. The zero-order chi connectivity index (χ0) is 13.4. The standard InChI is InChI=1S/C12H14N4O3/c13-6-8-3-4-15(7-8)12-14-10-2-1-9(16(17)18)5-11(10)19-12/h1-2,5,8H,3-4,6-7,13H2. The first kappa shape index (κ1) is 11.9. The second kappa shape index (κ2) is 4.51. The lowest BCUT2D eigenvalue weighted by molar-refractivity contribution is -0.384. The molecule has 0 amide bonds. The highest BCUT2D eigenvalue weighted by molar-refractivity contribution is 5.77. The van der Waals surface area contributed by atoms with Crippen LogP contribution < -0.4 is 10.6 Å². The molecule has 7 heteroatoms. The van der Waals surface area contributed by atoms with E-state index in [0.29, 0.717) is 29.6 Å². The molecule has 2 N–H and O–H groups in total. The van der Waals surface area contributed by atoms with Gasteiger partial charge in [-0.15, -0.1) is 0 Å². The third-order valence-corrected chi connectivity index (χ3v) is 3.46.